The minimum atomic E-state index is -1.12. The molecule has 0 bridgehead atoms. The van der Waals surface area contributed by atoms with Crippen LogP contribution in [0.2, 0.25) is 0 Å². The molecule has 0 aliphatic rings. The Balaban J connectivity index is 2.54. The maximum Gasteiger partial charge on any atom is 0.206 e. The lowest BCUT2D eigenvalue weighted by Gasteiger charge is -2.32. The molecule has 7 heteroatoms. The first-order valence-corrected chi connectivity index (χ1v) is 13.3. The normalized spacial score (nSPS) is 11.8. The number of phenolic OH excluding ortho intramolecular Hbond substituents is 2. The number of allylic oxidation sites excluding steroid dienone is 4. The van der Waals surface area contributed by atoms with Crippen molar-refractivity contribution in [2.24, 2.45) is 0 Å². The third-order valence-electron chi connectivity index (χ3n) is 4.92. The number of aromatic hydroxyl groups is 2. The van der Waals surface area contributed by atoms with Crippen LogP contribution >= 0.6 is 63.7 Å². The van der Waals surface area contributed by atoms with E-state index < -0.39 is 6.84 Å². The lowest BCUT2D eigenvalue weighted by Crippen LogP contribution is -2.25. The van der Waals surface area contributed by atoms with Gasteiger partial charge in [-0.15, -0.1) is 26.3 Å². The van der Waals surface area contributed by atoms with Gasteiger partial charge in [-0.05, 0) is 136 Å². The summed E-state index contributed by atoms with van der Waals surface area (Å²) in [7, 11) is 0. The lowest BCUT2D eigenvalue weighted by molar-refractivity contribution is 0.0630. The molecule has 33 heavy (non-hydrogen) atoms. The third-order valence-corrected chi connectivity index (χ3v) is 7.40. The molecule has 2 aromatic rings. The molecule has 0 saturated carbocycles. The van der Waals surface area contributed by atoms with Gasteiger partial charge in [0.1, 0.15) is 11.5 Å². The summed E-state index contributed by atoms with van der Waals surface area (Å²) in [5.74, 6) is 0.444. The zero-order valence-electron chi connectivity index (χ0n) is 18.1. The Labute approximate surface area is 229 Å². The molecule has 0 amide bonds. The van der Waals surface area contributed by atoms with Gasteiger partial charge in [-0.2, -0.15) is 0 Å². The van der Waals surface area contributed by atoms with Gasteiger partial charge in [-0.25, -0.2) is 0 Å². The molecule has 0 unspecified atom stereocenters. The van der Waals surface area contributed by atoms with E-state index in [-0.39, 0.29) is 11.5 Å². The van der Waals surface area contributed by atoms with Crippen LogP contribution in [0.15, 0.2) is 74.9 Å². The van der Waals surface area contributed by atoms with E-state index in [1.54, 1.807) is 24.3 Å². The molecular formula is C26H26Br4O3. The van der Waals surface area contributed by atoms with Crippen LogP contribution in [-0.2, 0) is 37.3 Å². The summed E-state index contributed by atoms with van der Waals surface area (Å²) in [5, 5.41) is 21.2. The maximum atomic E-state index is 10.6. The highest BCUT2D eigenvalue weighted by atomic mass is 79.9. The summed E-state index contributed by atoms with van der Waals surface area (Å²) < 4.78 is 4.16. The van der Waals surface area contributed by atoms with Crippen molar-refractivity contribution in [3.63, 3.8) is 0 Å². The molecule has 0 atom stereocenters. The second kappa shape index (κ2) is 12.0. The molecule has 2 N–H and O–H groups in total. The van der Waals surface area contributed by atoms with Gasteiger partial charge in [0.05, 0.1) is 0 Å². The van der Waals surface area contributed by atoms with E-state index in [1.165, 1.54) is 0 Å². The fourth-order valence-electron chi connectivity index (χ4n) is 3.38. The average molecular weight is 706 g/mol. The molecule has 0 aliphatic carbocycles. The quantitative estimate of drug-likeness (QED) is 0.172. The first kappa shape index (κ1) is 28.1. The van der Waals surface area contributed by atoms with Crippen molar-refractivity contribution < 1.29 is 14.9 Å². The Morgan fingerprint density at radius 3 is 1.06 bits per heavy atom. The largest absolute Gasteiger partial charge is 0.507 e. The van der Waals surface area contributed by atoms with E-state index in [0.717, 1.165) is 33.4 Å². The van der Waals surface area contributed by atoms with Crippen LogP contribution in [0, 0.1) is 0 Å². The van der Waals surface area contributed by atoms with E-state index in [2.05, 4.69) is 90.0 Å². The minimum Gasteiger partial charge on any atom is -0.507 e. The van der Waals surface area contributed by atoms with Gasteiger partial charge in [0.15, 0.2) is 0 Å². The van der Waals surface area contributed by atoms with E-state index in [4.69, 9.17) is 4.74 Å². The van der Waals surface area contributed by atoms with Gasteiger partial charge in [0.2, 0.25) is 6.84 Å². The van der Waals surface area contributed by atoms with E-state index in [1.807, 2.05) is 24.3 Å². The molecular weight excluding hydrogens is 680 g/mol. The molecule has 0 fully saturated rings. The van der Waals surface area contributed by atoms with Crippen LogP contribution < -0.4 is 0 Å². The van der Waals surface area contributed by atoms with Crippen LogP contribution in [0.3, 0.4) is 0 Å². The number of alkyl halides is 4. The first-order chi connectivity index (χ1) is 15.5. The minimum absolute atomic E-state index is 0.222. The third kappa shape index (κ3) is 6.95. The Morgan fingerprint density at radius 2 is 0.848 bits per heavy atom. The number of hydrogen-bond acceptors (Lipinski definition) is 3. The van der Waals surface area contributed by atoms with Gasteiger partial charge in [0.25, 0.3) is 0 Å². The Kier molecular flexibility index (Phi) is 10.2. The van der Waals surface area contributed by atoms with Crippen LogP contribution in [-0.4, -0.2) is 10.2 Å². The molecule has 0 spiro atoms. The number of hydrogen-bond donors (Lipinski definition) is 2. The SMILES string of the molecule is C=CCc1cc(C(Br)(Br)OC(Br)(Br)c2cc(CC=C)c(O)c(CC=C)c2)cc(CC=C)c1O. The van der Waals surface area contributed by atoms with Crippen molar-refractivity contribution >= 4 is 63.7 Å². The molecule has 3 nitrogen and oxygen atoms in total. The predicted molar refractivity (Wildman–Crippen MR) is 152 cm³/mol. The van der Waals surface area contributed by atoms with Crippen molar-refractivity contribution in [2.75, 3.05) is 0 Å². The fraction of sp³-hybridized carbons (Fsp3) is 0.231. The van der Waals surface area contributed by atoms with Crippen molar-refractivity contribution in [3.05, 3.63) is 108 Å². The van der Waals surface area contributed by atoms with Crippen LogP contribution in [0.1, 0.15) is 33.4 Å². The molecule has 0 aliphatic heterocycles. The monoisotopic (exact) mass is 702 g/mol. The van der Waals surface area contributed by atoms with E-state index in [9.17, 15) is 10.2 Å². The highest BCUT2D eigenvalue weighted by Gasteiger charge is 2.39. The Morgan fingerprint density at radius 1 is 0.606 bits per heavy atom. The predicted octanol–water partition coefficient (Wildman–Crippen LogP) is 8.53. The van der Waals surface area contributed by atoms with Crippen molar-refractivity contribution in [2.45, 2.75) is 32.5 Å². The number of halogens is 4. The maximum absolute atomic E-state index is 10.6. The molecule has 0 heterocycles. The summed E-state index contributed by atoms with van der Waals surface area (Å²) in [5.41, 5.74) is 4.40. The average Bonchev–Trinajstić information content (AvgIpc) is 2.73. The Bertz CT molecular complexity index is 912. The second-order valence-corrected chi connectivity index (χ2v) is 14.0. The van der Waals surface area contributed by atoms with Gasteiger partial charge >= 0.3 is 0 Å². The molecule has 2 aromatic carbocycles. The van der Waals surface area contributed by atoms with Crippen molar-refractivity contribution in [1.29, 1.82) is 0 Å². The van der Waals surface area contributed by atoms with E-state index in [0.29, 0.717) is 25.7 Å². The van der Waals surface area contributed by atoms with Gasteiger partial charge in [-0.3, -0.25) is 0 Å². The zero-order chi connectivity index (χ0) is 24.8. The molecule has 176 valence electrons. The first-order valence-electron chi connectivity index (χ1n) is 10.1. The number of ether oxygens (including phenoxy) is 1. The summed E-state index contributed by atoms with van der Waals surface area (Å²) in [6.45, 7) is 15.1. The standard InChI is InChI=1S/C26H26Br4O3/c1-5-9-17-13-21(14-18(10-6-2)23(17)31)25(27,28)33-26(29,30)22-15-19(11-7-3)24(32)20(16-22)12-8-4/h5-8,13-16,31-32H,1-4,9-12H2. The van der Waals surface area contributed by atoms with Crippen molar-refractivity contribution in [1.82, 2.24) is 0 Å². The summed E-state index contributed by atoms with van der Waals surface area (Å²) in [6.07, 6.45) is 8.95. The summed E-state index contributed by atoms with van der Waals surface area (Å²) in [6, 6.07) is 7.41. The number of benzene rings is 2. The molecule has 2 rings (SSSR count). The summed E-state index contributed by atoms with van der Waals surface area (Å²) >= 11 is 14.6. The van der Waals surface area contributed by atoms with Crippen LogP contribution in [0.4, 0.5) is 0 Å². The fourth-order valence-corrected chi connectivity index (χ4v) is 6.14. The van der Waals surface area contributed by atoms with Crippen LogP contribution in [0.5, 0.6) is 11.5 Å². The Hall–Kier alpha value is -1.12. The molecule has 0 saturated heterocycles. The lowest BCUT2D eigenvalue weighted by atomic mass is 9.99. The topological polar surface area (TPSA) is 49.7 Å². The van der Waals surface area contributed by atoms with Gasteiger partial charge in [0, 0.05) is 11.1 Å². The second-order valence-electron chi connectivity index (χ2n) is 7.39. The number of phenols is 2. The van der Waals surface area contributed by atoms with Gasteiger partial charge in [-0.1, -0.05) is 24.3 Å². The highest BCUT2D eigenvalue weighted by molar-refractivity contribution is 9.25. The van der Waals surface area contributed by atoms with Crippen LogP contribution in [0.25, 0.3) is 0 Å². The van der Waals surface area contributed by atoms with Gasteiger partial charge < -0.3 is 14.9 Å². The molecule has 0 aromatic heterocycles. The van der Waals surface area contributed by atoms with E-state index >= 15 is 0 Å². The molecule has 0 radical (unpaired) electrons. The summed E-state index contributed by atoms with van der Waals surface area (Å²) in [4.78, 5) is 0. The zero-order valence-corrected chi connectivity index (χ0v) is 24.4. The number of rotatable bonds is 12. The van der Waals surface area contributed by atoms with Crippen molar-refractivity contribution in [3.8, 4) is 11.5 Å². The smallest absolute Gasteiger partial charge is 0.206 e. The highest BCUT2D eigenvalue weighted by Crippen LogP contribution is 2.52.